The largest absolute Gasteiger partial charge is 0.493 e. The van der Waals surface area contributed by atoms with Gasteiger partial charge in [-0.25, -0.2) is 0 Å². The molecule has 0 radical (unpaired) electrons. The summed E-state index contributed by atoms with van der Waals surface area (Å²) >= 11 is 0. The van der Waals surface area contributed by atoms with Gasteiger partial charge in [0.2, 0.25) is 0 Å². The Hall–Kier alpha value is -1.06. The quantitative estimate of drug-likeness (QED) is 0.904. The highest BCUT2D eigenvalue weighted by molar-refractivity contribution is 5.37. The Morgan fingerprint density at radius 3 is 2.95 bits per heavy atom. The van der Waals surface area contributed by atoms with Crippen LogP contribution in [0.5, 0.6) is 5.75 Å². The van der Waals surface area contributed by atoms with Crippen LogP contribution in [0.15, 0.2) is 24.3 Å². The molecule has 2 saturated heterocycles. The molecule has 0 amide bonds. The summed E-state index contributed by atoms with van der Waals surface area (Å²) in [5.74, 6) is 1.66. The van der Waals surface area contributed by atoms with Crippen LogP contribution in [0.25, 0.3) is 0 Å². The third-order valence-electron chi connectivity index (χ3n) is 4.82. The van der Waals surface area contributed by atoms with Gasteiger partial charge in [0.1, 0.15) is 5.75 Å². The summed E-state index contributed by atoms with van der Waals surface area (Å²) in [5, 5.41) is 3.74. The van der Waals surface area contributed by atoms with Gasteiger partial charge in [-0.15, -0.1) is 0 Å². The van der Waals surface area contributed by atoms with Gasteiger partial charge in [-0.1, -0.05) is 18.2 Å². The molecule has 0 aliphatic carbocycles. The Balaban J connectivity index is 1.41. The molecule has 4 atom stereocenters. The van der Waals surface area contributed by atoms with E-state index in [-0.39, 0.29) is 0 Å². The summed E-state index contributed by atoms with van der Waals surface area (Å²) < 4.78 is 11.6. The fourth-order valence-corrected chi connectivity index (χ4v) is 3.77. The first-order chi connectivity index (χ1) is 9.40. The normalized spacial score (nSPS) is 36.0. The second kappa shape index (κ2) is 4.80. The average molecular weight is 259 g/mol. The van der Waals surface area contributed by atoms with Gasteiger partial charge >= 0.3 is 0 Å². The maximum Gasteiger partial charge on any atom is 0.122 e. The number of hydrogen-bond donors (Lipinski definition) is 1. The summed E-state index contributed by atoms with van der Waals surface area (Å²) in [6.45, 7) is 1.90. The lowest BCUT2D eigenvalue weighted by Crippen LogP contribution is -2.40. The molecule has 3 nitrogen and oxygen atoms in total. The van der Waals surface area contributed by atoms with Crippen molar-refractivity contribution in [3.05, 3.63) is 29.8 Å². The van der Waals surface area contributed by atoms with Gasteiger partial charge in [0.25, 0.3) is 0 Å². The molecule has 1 aromatic carbocycles. The van der Waals surface area contributed by atoms with Crippen molar-refractivity contribution < 1.29 is 9.47 Å². The predicted molar refractivity (Wildman–Crippen MR) is 73.6 cm³/mol. The molecular weight excluding hydrogens is 238 g/mol. The second-order valence-corrected chi connectivity index (χ2v) is 6.00. The fourth-order valence-electron chi connectivity index (χ4n) is 3.77. The Morgan fingerprint density at radius 2 is 2.11 bits per heavy atom. The summed E-state index contributed by atoms with van der Waals surface area (Å²) in [6.07, 6.45) is 5.83. The number of hydrogen-bond acceptors (Lipinski definition) is 3. The summed E-state index contributed by atoms with van der Waals surface area (Å²) in [6, 6.07) is 9.04. The molecule has 1 N–H and O–H groups in total. The van der Waals surface area contributed by atoms with Crippen molar-refractivity contribution in [2.45, 2.75) is 49.9 Å². The molecule has 3 aliphatic rings. The molecule has 2 bridgehead atoms. The molecule has 3 aliphatic heterocycles. The standard InChI is InChI=1S/C16H21NO2/c1-2-4-15-13(3-1)11(7-8-18-15)10-17-14-9-12-5-6-16(14)19-12/h1-4,11-12,14,16-17H,5-10H2. The van der Waals surface area contributed by atoms with Crippen molar-refractivity contribution >= 4 is 0 Å². The van der Waals surface area contributed by atoms with Crippen LogP contribution in [0.2, 0.25) is 0 Å². The smallest absolute Gasteiger partial charge is 0.122 e. The highest BCUT2D eigenvalue weighted by atomic mass is 16.5. The molecule has 4 unspecified atom stereocenters. The van der Waals surface area contributed by atoms with E-state index in [4.69, 9.17) is 9.47 Å². The van der Waals surface area contributed by atoms with E-state index in [1.165, 1.54) is 24.8 Å². The highest BCUT2D eigenvalue weighted by Crippen LogP contribution is 2.36. The third-order valence-corrected chi connectivity index (χ3v) is 4.82. The van der Waals surface area contributed by atoms with Gasteiger partial charge in [-0.3, -0.25) is 0 Å². The van der Waals surface area contributed by atoms with Crippen LogP contribution in [0, 0.1) is 0 Å². The molecule has 1 aromatic rings. The first kappa shape index (κ1) is 11.7. The summed E-state index contributed by atoms with van der Waals surface area (Å²) in [7, 11) is 0. The van der Waals surface area contributed by atoms with Crippen LogP contribution in [0.3, 0.4) is 0 Å². The van der Waals surface area contributed by atoms with Crippen molar-refractivity contribution in [3.8, 4) is 5.75 Å². The van der Waals surface area contributed by atoms with E-state index < -0.39 is 0 Å². The number of benzene rings is 1. The lowest BCUT2D eigenvalue weighted by Gasteiger charge is -2.28. The Kier molecular flexibility index (Phi) is 2.97. The first-order valence-corrected chi connectivity index (χ1v) is 7.51. The summed E-state index contributed by atoms with van der Waals surface area (Å²) in [5.41, 5.74) is 1.37. The zero-order valence-corrected chi connectivity index (χ0v) is 11.2. The number of para-hydroxylation sites is 1. The van der Waals surface area contributed by atoms with Crippen LogP contribution in [0.4, 0.5) is 0 Å². The number of nitrogens with one attached hydrogen (secondary N) is 1. The maximum atomic E-state index is 5.91. The molecule has 0 saturated carbocycles. The van der Waals surface area contributed by atoms with Crippen molar-refractivity contribution in [2.24, 2.45) is 0 Å². The lowest BCUT2D eigenvalue weighted by atomic mass is 9.91. The Morgan fingerprint density at radius 1 is 1.16 bits per heavy atom. The maximum absolute atomic E-state index is 5.91. The highest BCUT2D eigenvalue weighted by Gasteiger charge is 2.40. The molecule has 2 fully saturated rings. The minimum atomic E-state index is 0.472. The SMILES string of the molecule is c1ccc2c(c1)OCCC2CNC1CC2CCC1O2. The Bertz CT molecular complexity index is 462. The summed E-state index contributed by atoms with van der Waals surface area (Å²) in [4.78, 5) is 0. The van der Waals surface area contributed by atoms with E-state index in [1.807, 2.05) is 0 Å². The number of fused-ring (bicyclic) bond motifs is 3. The molecule has 3 heteroatoms. The van der Waals surface area contributed by atoms with E-state index in [9.17, 15) is 0 Å². The van der Waals surface area contributed by atoms with E-state index in [0.29, 0.717) is 24.2 Å². The van der Waals surface area contributed by atoms with Gasteiger partial charge in [0.15, 0.2) is 0 Å². The number of ether oxygens (including phenoxy) is 2. The van der Waals surface area contributed by atoms with Gasteiger partial charge in [-0.05, 0) is 37.3 Å². The predicted octanol–water partition coefficient (Wildman–Crippen LogP) is 2.46. The van der Waals surface area contributed by atoms with E-state index in [1.54, 1.807) is 0 Å². The minimum absolute atomic E-state index is 0.472. The first-order valence-electron chi connectivity index (χ1n) is 7.51. The minimum Gasteiger partial charge on any atom is -0.493 e. The zero-order valence-electron chi connectivity index (χ0n) is 11.2. The van der Waals surface area contributed by atoms with Crippen molar-refractivity contribution in [2.75, 3.05) is 13.2 Å². The second-order valence-electron chi connectivity index (χ2n) is 6.00. The van der Waals surface area contributed by atoms with Crippen LogP contribution in [-0.2, 0) is 4.74 Å². The van der Waals surface area contributed by atoms with Crippen LogP contribution >= 0.6 is 0 Å². The molecule has 4 rings (SSSR count). The molecule has 0 aromatic heterocycles. The van der Waals surface area contributed by atoms with Crippen molar-refractivity contribution in [1.29, 1.82) is 0 Å². The van der Waals surface area contributed by atoms with E-state index in [2.05, 4.69) is 29.6 Å². The molecule has 3 heterocycles. The van der Waals surface area contributed by atoms with E-state index >= 15 is 0 Å². The van der Waals surface area contributed by atoms with E-state index in [0.717, 1.165) is 25.3 Å². The fraction of sp³-hybridized carbons (Fsp3) is 0.625. The van der Waals surface area contributed by atoms with Gasteiger partial charge in [0, 0.05) is 18.5 Å². The van der Waals surface area contributed by atoms with Gasteiger partial charge < -0.3 is 14.8 Å². The molecule has 19 heavy (non-hydrogen) atoms. The monoisotopic (exact) mass is 259 g/mol. The van der Waals surface area contributed by atoms with Gasteiger partial charge in [0.05, 0.1) is 18.8 Å². The zero-order chi connectivity index (χ0) is 12.7. The van der Waals surface area contributed by atoms with Gasteiger partial charge in [-0.2, -0.15) is 0 Å². The van der Waals surface area contributed by atoms with Crippen molar-refractivity contribution in [1.82, 2.24) is 5.32 Å². The van der Waals surface area contributed by atoms with Crippen LogP contribution in [0.1, 0.15) is 37.2 Å². The Labute approximate surface area is 114 Å². The molecule has 0 spiro atoms. The molecular formula is C16H21NO2. The van der Waals surface area contributed by atoms with Crippen LogP contribution < -0.4 is 10.1 Å². The average Bonchev–Trinajstić information content (AvgIpc) is 3.07. The van der Waals surface area contributed by atoms with Crippen LogP contribution in [-0.4, -0.2) is 31.4 Å². The third kappa shape index (κ3) is 2.15. The lowest BCUT2D eigenvalue weighted by molar-refractivity contribution is 0.0971. The molecule has 102 valence electrons. The topological polar surface area (TPSA) is 30.5 Å². The van der Waals surface area contributed by atoms with Crippen molar-refractivity contribution in [3.63, 3.8) is 0 Å². The number of rotatable bonds is 3.